The Morgan fingerprint density at radius 1 is 1.39 bits per heavy atom. The lowest BCUT2D eigenvalue weighted by Crippen LogP contribution is -2.48. The minimum absolute atomic E-state index is 0.695. The fraction of sp³-hybridized carbons (Fsp3) is 0.714. The van der Waals surface area contributed by atoms with Crippen molar-refractivity contribution in [3.8, 4) is 0 Å². The maximum atomic E-state index is 3.41. The zero-order valence-corrected chi connectivity index (χ0v) is 11.7. The van der Waals surface area contributed by atoms with Gasteiger partial charge in [-0.3, -0.25) is 4.90 Å². The molecule has 0 aliphatic carbocycles. The number of rotatable bonds is 6. The van der Waals surface area contributed by atoms with Crippen LogP contribution in [0.5, 0.6) is 0 Å². The van der Waals surface area contributed by atoms with Crippen molar-refractivity contribution in [3.05, 3.63) is 24.0 Å². The average molecular weight is 250 g/mol. The van der Waals surface area contributed by atoms with Crippen molar-refractivity contribution in [2.75, 3.05) is 39.8 Å². The molecule has 1 fully saturated rings. The van der Waals surface area contributed by atoms with Gasteiger partial charge >= 0.3 is 0 Å². The molecule has 102 valence electrons. The summed E-state index contributed by atoms with van der Waals surface area (Å²) in [6.07, 6.45) is 5.32. The molecular weight excluding hydrogens is 224 g/mol. The predicted octanol–water partition coefficient (Wildman–Crippen LogP) is 1.13. The van der Waals surface area contributed by atoms with Gasteiger partial charge in [-0.25, -0.2) is 0 Å². The summed E-state index contributed by atoms with van der Waals surface area (Å²) in [5.74, 6) is 0. The standard InChI is InChI=1S/C14H26N4/c1-13(18-9-6-15-7-10-18)4-8-17(2)12-14-3-5-16-11-14/h3,5,11,13,15-16H,4,6-10,12H2,1-2H3. The van der Waals surface area contributed by atoms with Crippen LogP contribution in [-0.2, 0) is 6.54 Å². The van der Waals surface area contributed by atoms with Crippen LogP contribution >= 0.6 is 0 Å². The molecule has 0 radical (unpaired) electrons. The monoisotopic (exact) mass is 250 g/mol. The lowest BCUT2D eigenvalue weighted by atomic mass is 10.1. The van der Waals surface area contributed by atoms with Crippen LogP contribution in [0.3, 0.4) is 0 Å². The summed E-state index contributed by atoms with van der Waals surface area (Å²) in [6.45, 7) is 9.24. The van der Waals surface area contributed by atoms with Gasteiger partial charge in [0, 0.05) is 51.2 Å². The average Bonchev–Trinajstić information content (AvgIpc) is 2.90. The van der Waals surface area contributed by atoms with Gasteiger partial charge in [-0.05, 0) is 38.6 Å². The number of nitrogens with one attached hydrogen (secondary N) is 2. The summed E-state index contributed by atoms with van der Waals surface area (Å²) < 4.78 is 0. The number of hydrogen-bond donors (Lipinski definition) is 2. The summed E-state index contributed by atoms with van der Waals surface area (Å²) in [6, 6.07) is 2.84. The van der Waals surface area contributed by atoms with E-state index in [0.717, 1.165) is 26.2 Å². The number of hydrogen-bond acceptors (Lipinski definition) is 3. The molecule has 1 unspecified atom stereocenters. The van der Waals surface area contributed by atoms with Gasteiger partial charge in [-0.15, -0.1) is 0 Å². The van der Waals surface area contributed by atoms with E-state index in [1.807, 2.05) is 6.20 Å². The van der Waals surface area contributed by atoms with Crippen molar-refractivity contribution in [3.63, 3.8) is 0 Å². The summed E-state index contributed by atoms with van der Waals surface area (Å²) in [5.41, 5.74) is 1.37. The summed E-state index contributed by atoms with van der Waals surface area (Å²) in [4.78, 5) is 8.11. The van der Waals surface area contributed by atoms with Gasteiger partial charge in [-0.2, -0.15) is 0 Å². The molecule has 0 aromatic carbocycles. The van der Waals surface area contributed by atoms with Crippen LogP contribution in [0, 0.1) is 0 Å². The smallest absolute Gasteiger partial charge is 0.0245 e. The Balaban J connectivity index is 1.66. The number of H-pyrrole nitrogens is 1. The van der Waals surface area contributed by atoms with Crippen LogP contribution in [0.1, 0.15) is 18.9 Å². The van der Waals surface area contributed by atoms with Crippen molar-refractivity contribution >= 4 is 0 Å². The predicted molar refractivity (Wildman–Crippen MR) is 75.6 cm³/mol. The SMILES string of the molecule is CC(CCN(C)Cc1cc[nH]c1)N1CCNCC1. The molecule has 1 aliphatic heterocycles. The molecule has 0 amide bonds. The lowest BCUT2D eigenvalue weighted by molar-refractivity contribution is 0.162. The Hall–Kier alpha value is -0.840. The fourth-order valence-corrected chi connectivity index (χ4v) is 2.56. The Kier molecular flexibility index (Phi) is 5.23. The highest BCUT2D eigenvalue weighted by molar-refractivity contribution is 5.07. The minimum Gasteiger partial charge on any atom is -0.367 e. The van der Waals surface area contributed by atoms with Crippen LogP contribution < -0.4 is 5.32 Å². The van der Waals surface area contributed by atoms with Crippen molar-refractivity contribution in [1.82, 2.24) is 20.1 Å². The molecule has 4 heteroatoms. The van der Waals surface area contributed by atoms with Gasteiger partial charge in [0.1, 0.15) is 0 Å². The zero-order valence-electron chi connectivity index (χ0n) is 11.7. The van der Waals surface area contributed by atoms with Crippen LogP contribution in [0.25, 0.3) is 0 Å². The van der Waals surface area contributed by atoms with Crippen LogP contribution in [0.4, 0.5) is 0 Å². The molecular formula is C14H26N4. The van der Waals surface area contributed by atoms with E-state index in [1.165, 1.54) is 25.1 Å². The first-order valence-electron chi connectivity index (χ1n) is 7.00. The molecule has 2 heterocycles. The van der Waals surface area contributed by atoms with E-state index >= 15 is 0 Å². The van der Waals surface area contributed by atoms with E-state index in [0.29, 0.717) is 6.04 Å². The lowest BCUT2D eigenvalue weighted by Gasteiger charge is -2.33. The number of aromatic amines is 1. The largest absolute Gasteiger partial charge is 0.367 e. The Bertz CT molecular complexity index is 317. The first-order chi connectivity index (χ1) is 8.75. The van der Waals surface area contributed by atoms with Gasteiger partial charge < -0.3 is 15.2 Å². The van der Waals surface area contributed by atoms with E-state index in [2.05, 4.69) is 46.3 Å². The van der Waals surface area contributed by atoms with Gasteiger partial charge in [0.25, 0.3) is 0 Å². The Morgan fingerprint density at radius 2 is 2.17 bits per heavy atom. The highest BCUT2D eigenvalue weighted by Gasteiger charge is 2.16. The third-order valence-corrected chi connectivity index (χ3v) is 3.82. The first kappa shape index (κ1) is 13.6. The molecule has 1 aromatic rings. The van der Waals surface area contributed by atoms with Gasteiger partial charge in [-0.1, -0.05) is 0 Å². The normalized spacial score (nSPS) is 19.3. The molecule has 2 N–H and O–H groups in total. The third kappa shape index (κ3) is 4.12. The quantitative estimate of drug-likeness (QED) is 0.794. The Morgan fingerprint density at radius 3 is 2.83 bits per heavy atom. The van der Waals surface area contributed by atoms with Crippen molar-refractivity contribution in [1.29, 1.82) is 0 Å². The molecule has 1 aromatic heterocycles. The van der Waals surface area contributed by atoms with Crippen molar-refractivity contribution in [2.45, 2.75) is 25.9 Å². The van der Waals surface area contributed by atoms with E-state index < -0.39 is 0 Å². The topological polar surface area (TPSA) is 34.3 Å². The molecule has 0 bridgehead atoms. The second-order valence-electron chi connectivity index (χ2n) is 5.38. The van der Waals surface area contributed by atoms with E-state index in [9.17, 15) is 0 Å². The molecule has 0 spiro atoms. The zero-order chi connectivity index (χ0) is 12.8. The van der Waals surface area contributed by atoms with Gasteiger partial charge in [0.15, 0.2) is 0 Å². The molecule has 2 rings (SSSR count). The second-order valence-corrected chi connectivity index (χ2v) is 5.38. The molecule has 18 heavy (non-hydrogen) atoms. The highest BCUT2D eigenvalue weighted by atomic mass is 15.2. The summed E-state index contributed by atoms with van der Waals surface area (Å²) in [5, 5.41) is 3.41. The van der Waals surface area contributed by atoms with Crippen LogP contribution in [-0.4, -0.2) is 60.6 Å². The van der Waals surface area contributed by atoms with Crippen molar-refractivity contribution in [2.24, 2.45) is 0 Å². The van der Waals surface area contributed by atoms with Crippen LogP contribution in [0.2, 0.25) is 0 Å². The maximum Gasteiger partial charge on any atom is 0.0245 e. The number of piperazine rings is 1. The maximum absolute atomic E-state index is 3.41. The molecule has 1 atom stereocenters. The molecule has 1 saturated heterocycles. The third-order valence-electron chi connectivity index (χ3n) is 3.82. The van der Waals surface area contributed by atoms with Crippen molar-refractivity contribution < 1.29 is 0 Å². The number of nitrogens with zero attached hydrogens (tertiary/aromatic N) is 2. The van der Waals surface area contributed by atoms with Gasteiger partial charge in [0.05, 0.1) is 0 Å². The Labute approximate surface area is 110 Å². The number of aromatic nitrogens is 1. The second kappa shape index (κ2) is 6.92. The van der Waals surface area contributed by atoms with E-state index in [1.54, 1.807) is 0 Å². The van der Waals surface area contributed by atoms with E-state index in [4.69, 9.17) is 0 Å². The highest BCUT2D eigenvalue weighted by Crippen LogP contribution is 2.08. The summed E-state index contributed by atoms with van der Waals surface area (Å²) >= 11 is 0. The molecule has 0 saturated carbocycles. The molecule has 1 aliphatic rings. The van der Waals surface area contributed by atoms with Crippen LogP contribution in [0.15, 0.2) is 18.5 Å². The minimum atomic E-state index is 0.695. The summed E-state index contributed by atoms with van der Waals surface area (Å²) in [7, 11) is 2.21. The van der Waals surface area contributed by atoms with E-state index in [-0.39, 0.29) is 0 Å². The fourth-order valence-electron chi connectivity index (χ4n) is 2.56. The first-order valence-corrected chi connectivity index (χ1v) is 7.00. The molecule has 4 nitrogen and oxygen atoms in total. The van der Waals surface area contributed by atoms with Gasteiger partial charge in [0.2, 0.25) is 0 Å².